The minimum atomic E-state index is 0.540. The quantitative estimate of drug-likeness (QED) is 0.862. The van der Waals surface area contributed by atoms with Crippen LogP contribution in [0.4, 0.5) is 11.5 Å². The maximum atomic E-state index is 6.12. The lowest BCUT2D eigenvalue weighted by Crippen LogP contribution is -2.28. The number of nitrogen functional groups attached to an aromatic ring is 1. The molecule has 1 aromatic rings. The van der Waals surface area contributed by atoms with E-state index in [1.165, 1.54) is 25.0 Å². The van der Waals surface area contributed by atoms with Crippen LogP contribution in [0.3, 0.4) is 0 Å². The van der Waals surface area contributed by atoms with Crippen LogP contribution in [0.2, 0.25) is 0 Å². The Bertz CT molecular complexity index is 402. The van der Waals surface area contributed by atoms with Crippen molar-refractivity contribution in [1.82, 2.24) is 9.78 Å². The van der Waals surface area contributed by atoms with E-state index < -0.39 is 0 Å². The number of aromatic nitrogens is 2. The molecule has 1 aliphatic rings. The summed E-state index contributed by atoms with van der Waals surface area (Å²) in [6.07, 6.45) is 3.87. The molecule has 0 saturated heterocycles. The molecule has 0 bridgehead atoms. The van der Waals surface area contributed by atoms with Gasteiger partial charge in [0, 0.05) is 17.8 Å². The van der Waals surface area contributed by atoms with Crippen molar-refractivity contribution in [2.24, 2.45) is 0 Å². The normalized spacial score (nSPS) is 23.5. The van der Waals surface area contributed by atoms with Crippen molar-refractivity contribution in [3.05, 3.63) is 5.69 Å². The zero-order chi connectivity index (χ0) is 13.1. The highest BCUT2D eigenvalue weighted by Gasteiger charge is 2.28. The maximum Gasteiger partial charge on any atom is 0.148 e. The Labute approximate surface area is 114 Å². The average molecular weight is 268 g/mol. The van der Waals surface area contributed by atoms with E-state index in [0.717, 1.165) is 29.0 Å². The summed E-state index contributed by atoms with van der Waals surface area (Å²) >= 11 is 2.06. The van der Waals surface area contributed by atoms with Gasteiger partial charge in [-0.25, -0.2) is 4.68 Å². The highest BCUT2D eigenvalue weighted by Crippen LogP contribution is 2.33. The first-order valence-corrected chi connectivity index (χ1v) is 7.93. The number of hydrogen-bond donors (Lipinski definition) is 2. The number of nitrogens with zero attached hydrogens (tertiary/aromatic N) is 2. The molecule has 2 rings (SSSR count). The van der Waals surface area contributed by atoms with E-state index in [1.807, 2.05) is 11.6 Å². The zero-order valence-electron chi connectivity index (χ0n) is 11.6. The van der Waals surface area contributed by atoms with E-state index in [2.05, 4.69) is 36.0 Å². The predicted molar refractivity (Wildman–Crippen MR) is 80.2 cm³/mol. The minimum absolute atomic E-state index is 0.540. The largest absolute Gasteiger partial charge is 0.394 e. The second-order valence-electron chi connectivity index (χ2n) is 4.84. The lowest BCUT2D eigenvalue weighted by Gasteiger charge is -2.22. The number of nitrogens with two attached hydrogens (primary N) is 1. The van der Waals surface area contributed by atoms with Crippen LogP contribution in [-0.2, 0) is 6.54 Å². The first kappa shape index (κ1) is 13.6. The van der Waals surface area contributed by atoms with Gasteiger partial charge in [-0.05, 0) is 32.4 Å². The smallest absolute Gasteiger partial charge is 0.148 e. The number of anilines is 2. The molecule has 0 aliphatic heterocycles. The molecule has 102 valence electrons. The summed E-state index contributed by atoms with van der Waals surface area (Å²) in [5, 5.41) is 8.82. The summed E-state index contributed by atoms with van der Waals surface area (Å²) in [5.41, 5.74) is 7.86. The van der Waals surface area contributed by atoms with Crippen LogP contribution in [0.15, 0.2) is 0 Å². The van der Waals surface area contributed by atoms with Crippen molar-refractivity contribution in [2.45, 2.75) is 57.9 Å². The number of aryl methyl sites for hydroxylation is 2. The fourth-order valence-electron chi connectivity index (χ4n) is 2.66. The Hall–Kier alpha value is -0.840. The molecular weight excluding hydrogens is 244 g/mol. The van der Waals surface area contributed by atoms with E-state index in [1.54, 1.807) is 0 Å². The van der Waals surface area contributed by atoms with Crippen molar-refractivity contribution in [2.75, 3.05) is 16.8 Å². The molecule has 0 amide bonds. The summed E-state index contributed by atoms with van der Waals surface area (Å²) < 4.78 is 1.98. The predicted octanol–water partition coefficient (Wildman–Crippen LogP) is 2.88. The second kappa shape index (κ2) is 5.87. The van der Waals surface area contributed by atoms with E-state index in [4.69, 9.17) is 5.73 Å². The fraction of sp³-hybridized carbons (Fsp3) is 0.769. The van der Waals surface area contributed by atoms with Crippen molar-refractivity contribution in [1.29, 1.82) is 0 Å². The Kier molecular flexibility index (Phi) is 4.43. The van der Waals surface area contributed by atoms with Gasteiger partial charge in [0.05, 0.1) is 11.4 Å². The van der Waals surface area contributed by atoms with Gasteiger partial charge >= 0.3 is 0 Å². The van der Waals surface area contributed by atoms with Crippen LogP contribution in [0, 0.1) is 6.92 Å². The van der Waals surface area contributed by atoms with Gasteiger partial charge < -0.3 is 11.1 Å². The molecule has 1 aliphatic carbocycles. The van der Waals surface area contributed by atoms with E-state index >= 15 is 0 Å². The summed E-state index contributed by atoms with van der Waals surface area (Å²) in [6, 6.07) is 0.540. The van der Waals surface area contributed by atoms with Gasteiger partial charge in [0.15, 0.2) is 0 Å². The highest BCUT2D eigenvalue weighted by atomic mass is 32.2. The Morgan fingerprint density at radius 1 is 1.44 bits per heavy atom. The monoisotopic (exact) mass is 268 g/mol. The molecule has 4 nitrogen and oxygen atoms in total. The molecule has 1 fully saturated rings. The topological polar surface area (TPSA) is 55.9 Å². The third kappa shape index (κ3) is 2.60. The Morgan fingerprint density at radius 2 is 2.22 bits per heavy atom. The molecule has 5 heteroatoms. The third-order valence-electron chi connectivity index (χ3n) is 3.63. The van der Waals surface area contributed by atoms with Gasteiger partial charge in [-0.1, -0.05) is 13.3 Å². The van der Waals surface area contributed by atoms with Gasteiger partial charge in [0.25, 0.3) is 0 Å². The van der Waals surface area contributed by atoms with Crippen LogP contribution in [-0.4, -0.2) is 26.8 Å². The lowest BCUT2D eigenvalue weighted by atomic mass is 10.2. The maximum absolute atomic E-state index is 6.12. The van der Waals surface area contributed by atoms with Crippen molar-refractivity contribution >= 4 is 23.3 Å². The Balaban J connectivity index is 2.13. The summed E-state index contributed by atoms with van der Waals surface area (Å²) in [4.78, 5) is 0. The molecule has 1 aromatic heterocycles. The second-order valence-corrected chi connectivity index (χ2v) is 6.36. The van der Waals surface area contributed by atoms with E-state index in [-0.39, 0.29) is 0 Å². The first-order valence-electron chi connectivity index (χ1n) is 6.88. The molecular formula is C13H24N4S. The van der Waals surface area contributed by atoms with Crippen LogP contribution in [0.1, 0.15) is 38.8 Å². The van der Waals surface area contributed by atoms with Gasteiger partial charge in [-0.2, -0.15) is 16.9 Å². The minimum Gasteiger partial charge on any atom is -0.394 e. The summed E-state index contributed by atoms with van der Waals surface area (Å²) in [5.74, 6) is 2.20. The highest BCUT2D eigenvalue weighted by molar-refractivity contribution is 7.99. The molecule has 3 N–H and O–H groups in total. The van der Waals surface area contributed by atoms with Crippen LogP contribution < -0.4 is 11.1 Å². The van der Waals surface area contributed by atoms with Crippen LogP contribution >= 0.6 is 11.8 Å². The molecule has 18 heavy (non-hydrogen) atoms. The lowest BCUT2D eigenvalue weighted by molar-refractivity contribution is 0.644. The van der Waals surface area contributed by atoms with E-state index in [9.17, 15) is 0 Å². The average Bonchev–Trinajstić information content (AvgIpc) is 2.90. The SMILES string of the molecule is CCSC1CCCC1Nc1c(N)c(C)nn1CC. The van der Waals surface area contributed by atoms with E-state index in [0.29, 0.717) is 6.04 Å². The summed E-state index contributed by atoms with van der Waals surface area (Å²) in [7, 11) is 0. The number of hydrogen-bond acceptors (Lipinski definition) is 4. The number of nitrogens with one attached hydrogen (secondary N) is 1. The molecule has 0 spiro atoms. The third-order valence-corrected chi connectivity index (χ3v) is 4.95. The summed E-state index contributed by atoms with van der Waals surface area (Å²) in [6.45, 7) is 7.16. The van der Waals surface area contributed by atoms with Gasteiger partial charge in [0.2, 0.25) is 0 Å². The first-order chi connectivity index (χ1) is 8.67. The van der Waals surface area contributed by atoms with Crippen molar-refractivity contribution in [3.8, 4) is 0 Å². The van der Waals surface area contributed by atoms with Gasteiger partial charge in [0.1, 0.15) is 5.82 Å². The van der Waals surface area contributed by atoms with Gasteiger partial charge in [-0.15, -0.1) is 0 Å². The zero-order valence-corrected chi connectivity index (χ0v) is 12.4. The molecule has 2 atom stereocenters. The standard InChI is InChI=1S/C13H24N4S/c1-4-17-13(12(14)9(3)16-17)15-10-7-6-8-11(10)18-5-2/h10-11,15H,4-8,14H2,1-3H3. The van der Waals surface area contributed by atoms with Crippen LogP contribution in [0.25, 0.3) is 0 Å². The number of thioether (sulfide) groups is 1. The van der Waals surface area contributed by atoms with Crippen molar-refractivity contribution in [3.63, 3.8) is 0 Å². The number of rotatable bonds is 5. The molecule has 2 unspecified atom stereocenters. The van der Waals surface area contributed by atoms with Crippen LogP contribution in [0.5, 0.6) is 0 Å². The fourth-order valence-corrected chi connectivity index (χ4v) is 3.85. The molecule has 1 heterocycles. The molecule has 0 radical (unpaired) electrons. The Morgan fingerprint density at radius 3 is 2.89 bits per heavy atom. The molecule has 0 aromatic carbocycles. The van der Waals surface area contributed by atoms with Gasteiger partial charge in [-0.3, -0.25) is 0 Å². The van der Waals surface area contributed by atoms with Crippen molar-refractivity contribution < 1.29 is 0 Å². The molecule has 1 saturated carbocycles.